The lowest BCUT2D eigenvalue weighted by molar-refractivity contribution is -0.141. The van der Waals surface area contributed by atoms with Crippen LogP contribution in [0.5, 0.6) is 0 Å². The number of rotatable bonds is 6. The van der Waals surface area contributed by atoms with Gasteiger partial charge >= 0.3 is 12.1 Å². The first-order valence-electron chi connectivity index (χ1n) is 7.89. The van der Waals surface area contributed by atoms with E-state index in [0.717, 1.165) is 5.56 Å². The molecular formula is C17H27N3O5. The highest BCUT2D eigenvalue weighted by Gasteiger charge is 2.20. The van der Waals surface area contributed by atoms with Crippen molar-refractivity contribution in [3.05, 3.63) is 35.9 Å². The van der Waals surface area contributed by atoms with Gasteiger partial charge in [0, 0.05) is 0 Å². The van der Waals surface area contributed by atoms with Crippen molar-refractivity contribution < 1.29 is 24.2 Å². The van der Waals surface area contributed by atoms with Gasteiger partial charge in [0.1, 0.15) is 18.7 Å². The predicted octanol–water partition coefficient (Wildman–Crippen LogP) is 1.24. The SMILES string of the molecule is CC(C)N.C[C@H](NC(=O)[C@H](C)NC(=O)OCc1ccccc1)C(=O)O. The molecule has 8 heteroatoms. The number of hydrogen-bond donors (Lipinski definition) is 4. The number of aliphatic carboxylic acids is 1. The third kappa shape index (κ3) is 11.5. The zero-order valence-electron chi connectivity index (χ0n) is 15.0. The quantitative estimate of drug-likeness (QED) is 0.609. The Balaban J connectivity index is 0.00000129. The normalized spacial score (nSPS) is 12.2. The van der Waals surface area contributed by atoms with Gasteiger partial charge in [-0.15, -0.1) is 0 Å². The summed E-state index contributed by atoms with van der Waals surface area (Å²) in [7, 11) is 0. The smallest absolute Gasteiger partial charge is 0.408 e. The molecule has 0 aliphatic heterocycles. The van der Waals surface area contributed by atoms with Gasteiger partial charge in [0.05, 0.1) is 0 Å². The van der Waals surface area contributed by atoms with Crippen LogP contribution in [0.4, 0.5) is 4.79 Å². The van der Waals surface area contributed by atoms with Crippen molar-refractivity contribution in [2.75, 3.05) is 0 Å². The van der Waals surface area contributed by atoms with Crippen molar-refractivity contribution in [2.45, 2.75) is 52.4 Å². The molecule has 0 saturated heterocycles. The van der Waals surface area contributed by atoms with Crippen molar-refractivity contribution in [3.63, 3.8) is 0 Å². The summed E-state index contributed by atoms with van der Waals surface area (Å²) in [6, 6.07) is 7.51. The average molecular weight is 353 g/mol. The lowest BCUT2D eigenvalue weighted by Crippen LogP contribution is -2.49. The number of carboxylic acids is 1. The Morgan fingerprint density at radius 2 is 1.56 bits per heavy atom. The molecule has 0 bridgehead atoms. The summed E-state index contributed by atoms with van der Waals surface area (Å²) >= 11 is 0. The molecule has 0 aliphatic carbocycles. The van der Waals surface area contributed by atoms with E-state index in [1.54, 1.807) is 12.1 Å². The number of nitrogens with two attached hydrogens (primary N) is 1. The standard InChI is InChI=1S/C14H18N2O5.C3H9N/c1-9(12(17)15-10(2)13(18)19)16-14(20)21-8-11-6-4-3-5-7-11;1-3(2)4/h3-7,9-10H,8H2,1-2H3,(H,15,17)(H,16,20)(H,18,19);3H,4H2,1-2H3/t9-,10-;/m0./s1. The van der Waals surface area contributed by atoms with E-state index >= 15 is 0 Å². The largest absolute Gasteiger partial charge is 0.480 e. The van der Waals surface area contributed by atoms with Gasteiger partial charge in [-0.3, -0.25) is 9.59 Å². The Labute approximate surface area is 147 Å². The number of carboxylic acid groups (broad SMARTS) is 1. The number of ether oxygens (including phenoxy) is 1. The van der Waals surface area contributed by atoms with E-state index in [1.165, 1.54) is 13.8 Å². The summed E-state index contributed by atoms with van der Waals surface area (Å²) in [5.41, 5.74) is 5.93. The van der Waals surface area contributed by atoms with Gasteiger partial charge in [-0.2, -0.15) is 0 Å². The van der Waals surface area contributed by atoms with Gasteiger partial charge in [-0.25, -0.2) is 4.79 Å². The molecule has 1 aromatic rings. The van der Waals surface area contributed by atoms with Crippen molar-refractivity contribution >= 4 is 18.0 Å². The van der Waals surface area contributed by atoms with Crippen LogP contribution >= 0.6 is 0 Å². The van der Waals surface area contributed by atoms with Crippen molar-refractivity contribution in [3.8, 4) is 0 Å². The van der Waals surface area contributed by atoms with Crippen molar-refractivity contribution in [1.82, 2.24) is 10.6 Å². The first kappa shape index (κ1) is 22.4. The van der Waals surface area contributed by atoms with Crippen LogP contribution in [0.2, 0.25) is 0 Å². The molecule has 8 nitrogen and oxygen atoms in total. The zero-order valence-corrected chi connectivity index (χ0v) is 15.0. The fourth-order valence-corrected chi connectivity index (χ4v) is 1.41. The second-order valence-corrected chi connectivity index (χ2v) is 5.74. The fourth-order valence-electron chi connectivity index (χ4n) is 1.41. The highest BCUT2D eigenvalue weighted by atomic mass is 16.5. The lowest BCUT2D eigenvalue weighted by Gasteiger charge is -2.16. The Morgan fingerprint density at radius 1 is 1.04 bits per heavy atom. The predicted molar refractivity (Wildman–Crippen MR) is 93.8 cm³/mol. The monoisotopic (exact) mass is 353 g/mol. The minimum atomic E-state index is -1.15. The molecule has 0 aromatic heterocycles. The van der Waals surface area contributed by atoms with E-state index in [-0.39, 0.29) is 6.61 Å². The van der Waals surface area contributed by atoms with Crippen LogP contribution in [0, 0.1) is 0 Å². The number of carbonyl (C=O) groups excluding carboxylic acids is 2. The minimum absolute atomic E-state index is 0.0898. The molecule has 25 heavy (non-hydrogen) atoms. The molecule has 1 rings (SSSR count). The molecule has 140 valence electrons. The highest BCUT2D eigenvalue weighted by Crippen LogP contribution is 2.00. The Morgan fingerprint density at radius 3 is 2.04 bits per heavy atom. The van der Waals surface area contributed by atoms with Crippen LogP contribution < -0.4 is 16.4 Å². The van der Waals surface area contributed by atoms with E-state index in [1.807, 2.05) is 32.0 Å². The molecule has 1 aromatic carbocycles. The van der Waals surface area contributed by atoms with Crippen LogP contribution in [0.1, 0.15) is 33.3 Å². The molecule has 5 N–H and O–H groups in total. The number of alkyl carbamates (subject to hydrolysis) is 1. The maximum atomic E-state index is 11.6. The average Bonchev–Trinajstić information content (AvgIpc) is 2.53. The number of hydrogen-bond acceptors (Lipinski definition) is 5. The number of nitrogens with one attached hydrogen (secondary N) is 2. The fraction of sp³-hybridized carbons (Fsp3) is 0.471. The number of amides is 2. The first-order valence-corrected chi connectivity index (χ1v) is 7.89. The van der Waals surface area contributed by atoms with Gasteiger partial charge in [0.2, 0.25) is 5.91 Å². The Hall–Kier alpha value is -2.61. The molecule has 0 aliphatic rings. The van der Waals surface area contributed by atoms with Crippen molar-refractivity contribution in [1.29, 1.82) is 0 Å². The topological polar surface area (TPSA) is 131 Å². The van der Waals surface area contributed by atoms with E-state index in [2.05, 4.69) is 10.6 Å². The molecule has 0 heterocycles. The van der Waals surface area contributed by atoms with Gasteiger partial charge in [0.15, 0.2) is 0 Å². The zero-order chi connectivity index (χ0) is 19.4. The van der Waals surface area contributed by atoms with E-state index in [4.69, 9.17) is 15.6 Å². The van der Waals surface area contributed by atoms with Crippen LogP contribution in [-0.2, 0) is 20.9 Å². The summed E-state index contributed by atoms with van der Waals surface area (Å²) in [4.78, 5) is 33.8. The second-order valence-electron chi connectivity index (χ2n) is 5.74. The summed E-state index contributed by atoms with van der Waals surface area (Å²) in [5, 5.41) is 13.3. The Bertz CT molecular complexity index is 546. The van der Waals surface area contributed by atoms with Crippen LogP contribution in [0.3, 0.4) is 0 Å². The van der Waals surface area contributed by atoms with Gasteiger partial charge in [-0.1, -0.05) is 44.2 Å². The maximum absolute atomic E-state index is 11.6. The van der Waals surface area contributed by atoms with Crippen LogP contribution in [-0.4, -0.2) is 41.2 Å². The molecule has 0 unspecified atom stereocenters. The number of benzene rings is 1. The molecule has 0 radical (unpaired) electrons. The highest BCUT2D eigenvalue weighted by molar-refractivity contribution is 5.88. The molecular weight excluding hydrogens is 326 g/mol. The summed E-state index contributed by atoms with van der Waals surface area (Å²) in [5.74, 6) is -1.75. The minimum Gasteiger partial charge on any atom is -0.480 e. The molecule has 0 spiro atoms. The molecule has 0 saturated carbocycles. The van der Waals surface area contributed by atoms with Crippen LogP contribution in [0.25, 0.3) is 0 Å². The van der Waals surface area contributed by atoms with E-state index in [0.29, 0.717) is 6.04 Å². The van der Waals surface area contributed by atoms with Crippen molar-refractivity contribution in [2.24, 2.45) is 5.73 Å². The molecule has 0 fully saturated rings. The Kier molecular flexibility index (Phi) is 10.6. The lowest BCUT2D eigenvalue weighted by atomic mass is 10.2. The first-order chi connectivity index (χ1) is 11.6. The second kappa shape index (κ2) is 11.9. The van der Waals surface area contributed by atoms with E-state index < -0.39 is 30.1 Å². The summed E-state index contributed by atoms with van der Waals surface area (Å²) < 4.78 is 4.95. The van der Waals surface area contributed by atoms with Gasteiger partial charge in [0.25, 0.3) is 0 Å². The van der Waals surface area contributed by atoms with Gasteiger partial charge in [-0.05, 0) is 25.5 Å². The van der Waals surface area contributed by atoms with Crippen LogP contribution in [0.15, 0.2) is 30.3 Å². The number of carbonyl (C=O) groups is 3. The third-order valence-corrected chi connectivity index (χ3v) is 2.67. The third-order valence-electron chi connectivity index (χ3n) is 2.67. The van der Waals surface area contributed by atoms with Gasteiger partial charge < -0.3 is 26.2 Å². The molecule has 2 amide bonds. The van der Waals surface area contributed by atoms with E-state index in [9.17, 15) is 14.4 Å². The maximum Gasteiger partial charge on any atom is 0.408 e. The summed E-state index contributed by atoms with van der Waals surface area (Å²) in [6.07, 6.45) is -0.746. The summed E-state index contributed by atoms with van der Waals surface area (Å²) in [6.45, 7) is 6.75. The molecule has 2 atom stereocenters.